The van der Waals surface area contributed by atoms with Gasteiger partial charge in [0.25, 0.3) is 5.91 Å². The van der Waals surface area contributed by atoms with E-state index in [0.717, 1.165) is 35.9 Å². The van der Waals surface area contributed by atoms with E-state index >= 15 is 0 Å². The van der Waals surface area contributed by atoms with Gasteiger partial charge in [0.2, 0.25) is 0 Å². The first-order valence-corrected chi connectivity index (χ1v) is 8.50. The summed E-state index contributed by atoms with van der Waals surface area (Å²) in [7, 11) is 0. The van der Waals surface area contributed by atoms with Gasteiger partial charge >= 0.3 is 0 Å². The Morgan fingerprint density at radius 1 is 1.39 bits per heavy atom. The Labute approximate surface area is 141 Å². The molecule has 1 aliphatic rings. The van der Waals surface area contributed by atoms with Gasteiger partial charge in [0.05, 0.1) is 17.4 Å². The number of carbonyl (C=O) groups excluding carboxylic acids is 1. The van der Waals surface area contributed by atoms with Crippen molar-refractivity contribution in [2.45, 2.75) is 12.5 Å². The summed E-state index contributed by atoms with van der Waals surface area (Å²) in [4.78, 5) is 21.6. The lowest BCUT2D eigenvalue weighted by atomic mass is 10.2. The maximum absolute atomic E-state index is 12.3. The van der Waals surface area contributed by atoms with E-state index < -0.39 is 0 Å². The molecular formula is C15H14ClN5OS. The number of hydrogen-bond donors (Lipinski definition) is 2. The molecule has 118 valence electrons. The summed E-state index contributed by atoms with van der Waals surface area (Å²) >= 11 is 7.41. The number of imidazole rings is 1. The monoisotopic (exact) mass is 347 g/mol. The van der Waals surface area contributed by atoms with Crippen molar-refractivity contribution in [3.63, 3.8) is 0 Å². The number of nitrogens with zero attached hydrogens (tertiary/aromatic N) is 3. The summed E-state index contributed by atoms with van der Waals surface area (Å²) in [6.45, 7) is 1.77. The van der Waals surface area contributed by atoms with Crippen LogP contribution in [0.15, 0.2) is 30.7 Å². The quantitative estimate of drug-likeness (QED) is 0.762. The molecule has 0 aromatic carbocycles. The molecule has 1 unspecified atom stereocenters. The van der Waals surface area contributed by atoms with Crippen molar-refractivity contribution in [1.29, 1.82) is 0 Å². The molecule has 0 saturated carbocycles. The number of halogens is 1. The van der Waals surface area contributed by atoms with Crippen LogP contribution in [0.3, 0.4) is 0 Å². The molecule has 2 N–H and O–H groups in total. The molecule has 1 aliphatic heterocycles. The van der Waals surface area contributed by atoms with Crippen molar-refractivity contribution in [2.75, 3.05) is 13.1 Å². The average Bonchev–Trinajstić information content (AvgIpc) is 3.26. The Balaban J connectivity index is 1.61. The molecule has 1 saturated heterocycles. The number of hydrogen-bond acceptors (Lipinski definition) is 5. The summed E-state index contributed by atoms with van der Waals surface area (Å²) in [6, 6.07) is 3.84. The van der Waals surface area contributed by atoms with Crippen molar-refractivity contribution >= 4 is 34.5 Å². The van der Waals surface area contributed by atoms with E-state index in [2.05, 4.69) is 20.6 Å². The van der Waals surface area contributed by atoms with Gasteiger partial charge in [0.15, 0.2) is 0 Å². The van der Waals surface area contributed by atoms with Gasteiger partial charge in [-0.05, 0) is 25.1 Å². The number of carbonyl (C=O) groups is 1. The second-order valence-corrected chi connectivity index (χ2v) is 6.88. The number of pyridine rings is 1. The van der Waals surface area contributed by atoms with Gasteiger partial charge in [0, 0.05) is 18.8 Å². The SMILES string of the molecule is O=C(NC1CCNC1)c1cnc(-c2cnc3ccc(Cl)cn23)s1. The highest BCUT2D eigenvalue weighted by Gasteiger charge is 2.20. The first-order valence-electron chi connectivity index (χ1n) is 7.31. The minimum atomic E-state index is -0.0747. The second-order valence-electron chi connectivity index (χ2n) is 5.41. The molecule has 1 fully saturated rings. The minimum absolute atomic E-state index is 0.0747. The Morgan fingerprint density at radius 3 is 3.13 bits per heavy atom. The third-order valence-corrected chi connectivity index (χ3v) is 5.06. The molecule has 0 bridgehead atoms. The van der Waals surface area contributed by atoms with E-state index in [1.807, 2.05) is 10.5 Å². The normalized spacial score (nSPS) is 17.7. The average molecular weight is 348 g/mol. The van der Waals surface area contributed by atoms with Crippen LogP contribution in [-0.2, 0) is 0 Å². The fourth-order valence-corrected chi connectivity index (χ4v) is 3.63. The zero-order chi connectivity index (χ0) is 15.8. The maximum atomic E-state index is 12.3. The second kappa shape index (κ2) is 5.92. The number of amides is 1. The first-order chi connectivity index (χ1) is 11.2. The minimum Gasteiger partial charge on any atom is -0.347 e. The Kier molecular flexibility index (Phi) is 3.76. The summed E-state index contributed by atoms with van der Waals surface area (Å²) in [5, 5.41) is 7.63. The van der Waals surface area contributed by atoms with Crippen LogP contribution in [0, 0.1) is 0 Å². The molecule has 4 rings (SSSR count). The van der Waals surface area contributed by atoms with Gasteiger partial charge < -0.3 is 10.6 Å². The van der Waals surface area contributed by atoms with Crippen LogP contribution in [0.1, 0.15) is 16.1 Å². The van der Waals surface area contributed by atoms with Gasteiger partial charge in [-0.1, -0.05) is 11.6 Å². The van der Waals surface area contributed by atoms with Crippen LogP contribution in [0.2, 0.25) is 5.02 Å². The van der Waals surface area contributed by atoms with Crippen molar-refractivity contribution in [1.82, 2.24) is 25.0 Å². The van der Waals surface area contributed by atoms with E-state index in [0.29, 0.717) is 9.90 Å². The van der Waals surface area contributed by atoms with Crippen LogP contribution in [0.5, 0.6) is 0 Å². The largest absolute Gasteiger partial charge is 0.347 e. The van der Waals surface area contributed by atoms with Crippen LogP contribution in [0.25, 0.3) is 16.3 Å². The fraction of sp³-hybridized carbons (Fsp3) is 0.267. The van der Waals surface area contributed by atoms with Gasteiger partial charge in [-0.15, -0.1) is 11.3 Å². The number of thiazole rings is 1. The molecule has 3 aromatic heterocycles. The zero-order valence-electron chi connectivity index (χ0n) is 12.1. The number of nitrogens with one attached hydrogen (secondary N) is 2. The topological polar surface area (TPSA) is 71.3 Å². The molecule has 0 spiro atoms. The van der Waals surface area contributed by atoms with Crippen molar-refractivity contribution < 1.29 is 4.79 Å². The summed E-state index contributed by atoms with van der Waals surface area (Å²) < 4.78 is 1.88. The molecule has 23 heavy (non-hydrogen) atoms. The molecular weight excluding hydrogens is 334 g/mol. The molecule has 6 nitrogen and oxygen atoms in total. The van der Waals surface area contributed by atoms with E-state index in [-0.39, 0.29) is 11.9 Å². The molecule has 0 aliphatic carbocycles. The lowest BCUT2D eigenvalue weighted by Crippen LogP contribution is -2.35. The van der Waals surface area contributed by atoms with Gasteiger partial charge in [-0.3, -0.25) is 9.20 Å². The van der Waals surface area contributed by atoms with Gasteiger partial charge in [0.1, 0.15) is 21.2 Å². The van der Waals surface area contributed by atoms with Crippen LogP contribution >= 0.6 is 22.9 Å². The lowest BCUT2D eigenvalue weighted by Gasteiger charge is -2.09. The molecule has 1 atom stereocenters. The van der Waals surface area contributed by atoms with E-state index in [4.69, 9.17) is 11.6 Å². The van der Waals surface area contributed by atoms with Crippen LogP contribution < -0.4 is 10.6 Å². The van der Waals surface area contributed by atoms with Crippen molar-refractivity contribution in [3.8, 4) is 10.7 Å². The number of aromatic nitrogens is 3. The van der Waals surface area contributed by atoms with E-state index in [9.17, 15) is 4.79 Å². The Hall–Kier alpha value is -1.96. The van der Waals surface area contributed by atoms with Crippen molar-refractivity contribution in [2.24, 2.45) is 0 Å². The molecule has 8 heteroatoms. The summed E-state index contributed by atoms with van der Waals surface area (Å²) in [5.41, 5.74) is 1.62. The third-order valence-electron chi connectivity index (χ3n) is 3.81. The number of fused-ring (bicyclic) bond motifs is 1. The van der Waals surface area contributed by atoms with Gasteiger partial charge in [-0.2, -0.15) is 0 Å². The highest BCUT2D eigenvalue weighted by atomic mass is 35.5. The first kappa shape index (κ1) is 14.6. The molecule has 1 amide bonds. The predicted molar refractivity (Wildman–Crippen MR) is 90.1 cm³/mol. The van der Waals surface area contributed by atoms with Crippen molar-refractivity contribution in [3.05, 3.63) is 40.6 Å². The Morgan fingerprint density at radius 2 is 2.30 bits per heavy atom. The van der Waals surface area contributed by atoms with E-state index in [1.54, 1.807) is 24.7 Å². The Bertz CT molecular complexity index is 868. The zero-order valence-corrected chi connectivity index (χ0v) is 13.7. The highest BCUT2D eigenvalue weighted by molar-refractivity contribution is 7.16. The maximum Gasteiger partial charge on any atom is 0.263 e. The third kappa shape index (κ3) is 2.83. The highest BCUT2D eigenvalue weighted by Crippen LogP contribution is 2.27. The molecule has 0 radical (unpaired) electrons. The molecule has 3 aromatic rings. The predicted octanol–water partition coefficient (Wildman–Crippen LogP) is 2.20. The van der Waals surface area contributed by atoms with Crippen LogP contribution in [0.4, 0.5) is 0 Å². The fourth-order valence-electron chi connectivity index (χ4n) is 2.64. The summed E-state index contributed by atoms with van der Waals surface area (Å²) in [6.07, 6.45) is 6.11. The standard InChI is InChI=1S/C15H14ClN5OS/c16-9-1-2-13-18-6-11(21(13)8-9)15-19-7-12(23-15)14(22)20-10-3-4-17-5-10/h1-2,6-8,10,17H,3-5H2,(H,20,22). The van der Waals surface area contributed by atoms with E-state index in [1.165, 1.54) is 11.3 Å². The smallest absolute Gasteiger partial charge is 0.263 e. The number of rotatable bonds is 3. The molecule has 4 heterocycles. The van der Waals surface area contributed by atoms with Crippen LogP contribution in [-0.4, -0.2) is 39.4 Å². The lowest BCUT2D eigenvalue weighted by molar-refractivity contribution is 0.0944. The summed E-state index contributed by atoms with van der Waals surface area (Å²) in [5.74, 6) is -0.0747. The van der Waals surface area contributed by atoms with Gasteiger partial charge in [-0.25, -0.2) is 9.97 Å².